The summed E-state index contributed by atoms with van der Waals surface area (Å²) in [5.74, 6) is 0. The Morgan fingerprint density at radius 3 is 2.53 bits per heavy atom. The zero-order chi connectivity index (χ0) is 12.5. The van der Waals surface area contributed by atoms with Crippen LogP contribution in [-0.4, -0.2) is 6.54 Å². The van der Waals surface area contributed by atoms with Gasteiger partial charge in [0.1, 0.15) is 0 Å². The molecule has 1 saturated heterocycles. The molecule has 1 aromatic rings. The van der Waals surface area contributed by atoms with Crippen LogP contribution in [-0.2, 0) is 6.18 Å². The highest BCUT2D eigenvalue weighted by molar-refractivity contribution is 5.34. The predicted octanol–water partition coefficient (Wildman–Crippen LogP) is 3.83. The highest BCUT2D eigenvalue weighted by Crippen LogP contribution is 2.33. The average Bonchev–Trinajstić information content (AvgIpc) is 2.28. The summed E-state index contributed by atoms with van der Waals surface area (Å²) in [5.41, 5.74) is 0.745. The normalized spacial score (nSPS) is 21.5. The van der Waals surface area contributed by atoms with Crippen molar-refractivity contribution < 1.29 is 13.2 Å². The number of aryl methyl sites for hydroxylation is 1. The van der Waals surface area contributed by atoms with Gasteiger partial charge in [0.05, 0.1) is 5.56 Å². The number of hydrogen-bond donors (Lipinski definition) is 1. The molecule has 1 nitrogen and oxygen atoms in total. The molecular weight excluding hydrogens is 227 g/mol. The summed E-state index contributed by atoms with van der Waals surface area (Å²) in [7, 11) is 0. The van der Waals surface area contributed by atoms with E-state index in [1.165, 1.54) is 13.0 Å². The molecule has 0 spiro atoms. The minimum absolute atomic E-state index is 0.213. The zero-order valence-corrected chi connectivity index (χ0v) is 9.77. The Morgan fingerprint density at radius 1 is 1.24 bits per heavy atom. The fourth-order valence-corrected chi connectivity index (χ4v) is 2.36. The molecule has 0 bridgehead atoms. The molecule has 0 saturated carbocycles. The van der Waals surface area contributed by atoms with Crippen LogP contribution in [0.4, 0.5) is 13.2 Å². The first-order valence-electron chi connectivity index (χ1n) is 5.89. The lowest BCUT2D eigenvalue weighted by Crippen LogP contribution is -2.26. The summed E-state index contributed by atoms with van der Waals surface area (Å²) in [6.45, 7) is 2.47. The molecule has 2 rings (SSSR count). The van der Waals surface area contributed by atoms with Crippen molar-refractivity contribution in [1.29, 1.82) is 0 Å². The predicted molar refractivity (Wildman–Crippen MR) is 60.8 cm³/mol. The first-order valence-corrected chi connectivity index (χ1v) is 5.89. The van der Waals surface area contributed by atoms with Crippen LogP contribution in [0, 0.1) is 6.92 Å². The minimum Gasteiger partial charge on any atom is -0.310 e. The third-order valence-corrected chi connectivity index (χ3v) is 3.27. The zero-order valence-electron chi connectivity index (χ0n) is 9.77. The van der Waals surface area contributed by atoms with Gasteiger partial charge in [0.25, 0.3) is 0 Å². The maximum atomic E-state index is 12.6. The molecular formula is C13H16F3N. The number of alkyl halides is 3. The molecule has 17 heavy (non-hydrogen) atoms. The summed E-state index contributed by atoms with van der Waals surface area (Å²) in [5, 5.41) is 3.34. The van der Waals surface area contributed by atoms with Crippen LogP contribution >= 0.6 is 0 Å². The molecule has 4 heteroatoms. The largest absolute Gasteiger partial charge is 0.416 e. The third kappa shape index (κ3) is 2.80. The molecule has 0 aliphatic carbocycles. The van der Waals surface area contributed by atoms with Crippen LogP contribution in [0.2, 0.25) is 0 Å². The number of piperidine rings is 1. The van der Waals surface area contributed by atoms with E-state index in [1.54, 1.807) is 12.1 Å². The summed E-state index contributed by atoms with van der Waals surface area (Å²) in [6.07, 6.45) is -0.957. The molecule has 1 heterocycles. The fourth-order valence-electron chi connectivity index (χ4n) is 2.36. The lowest BCUT2D eigenvalue weighted by atomic mass is 9.94. The maximum Gasteiger partial charge on any atom is 0.416 e. The van der Waals surface area contributed by atoms with Crippen LogP contribution in [0.25, 0.3) is 0 Å². The number of benzene rings is 1. The Morgan fingerprint density at radius 2 is 2.00 bits per heavy atom. The smallest absolute Gasteiger partial charge is 0.310 e. The fraction of sp³-hybridized carbons (Fsp3) is 0.538. The number of halogens is 3. The third-order valence-electron chi connectivity index (χ3n) is 3.27. The molecule has 94 valence electrons. The van der Waals surface area contributed by atoms with Crippen molar-refractivity contribution in [2.45, 2.75) is 38.4 Å². The monoisotopic (exact) mass is 243 g/mol. The average molecular weight is 243 g/mol. The highest BCUT2D eigenvalue weighted by Gasteiger charge is 2.32. The van der Waals surface area contributed by atoms with E-state index in [0.29, 0.717) is 5.56 Å². The van der Waals surface area contributed by atoms with Crippen molar-refractivity contribution in [2.24, 2.45) is 0 Å². The van der Waals surface area contributed by atoms with Crippen LogP contribution in [0.1, 0.15) is 42.0 Å². The highest BCUT2D eigenvalue weighted by atomic mass is 19.4. The molecule has 0 radical (unpaired) electrons. The van der Waals surface area contributed by atoms with E-state index in [0.717, 1.165) is 31.4 Å². The van der Waals surface area contributed by atoms with Crippen LogP contribution in [0.15, 0.2) is 18.2 Å². The Bertz CT molecular complexity index is 392. The first-order chi connectivity index (χ1) is 7.98. The molecule has 1 aromatic carbocycles. The molecule has 0 aromatic heterocycles. The van der Waals surface area contributed by atoms with Gasteiger partial charge < -0.3 is 5.32 Å². The van der Waals surface area contributed by atoms with E-state index >= 15 is 0 Å². The molecule has 0 amide bonds. The van der Waals surface area contributed by atoms with Crippen LogP contribution < -0.4 is 5.32 Å². The Balaban J connectivity index is 2.24. The first kappa shape index (κ1) is 12.4. The second-order valence-electron chi connectivity index (χ2n) is 4.57. The quantitative estimate of drug-likeness (QED) is 0.790. The second kappa shape index (κ2) is 4.69. The van der Waals surface area contributed by atoms with Gasteiger partial charge in [-0.3, -0.25) is 0 Å². The van der Waals surface area contributed by atoms with Crippen LogP contribution in [0.3, 0.4) is 0 Å². The van der Waals surface area contributed by atoms with Gasteiger partial charge in [-0.1, -0.05) is 18.6 Å². The Hall–Kier alpha value is -1.03. The van der Waals surface area contributed by atoms with Crippen molar-refractivity contribution in [3.05, 3.63) is 34.9 Å². The van der Waals surface area contributed by atoms with Crippen molar-refractivity contribution in [3.8, 4) is 0 Å². The van der Waals surface area contributed by atoms with E-state index < -0.39 is 11.7 Å². The van der Waals surface area contributed by atoms with Crippen molar-refractivity contribution >= 4 is 0 Å². The van der Waals surface area contributed by atoms with E-state index in [2.05, 4.69) is 5.32 Å². The van der Waals surface area contributed by atoms with Gasteiger partial charge in [0.15, 0.2) is 0 Å². The maximum absolute atomic E-state index is 12.6. The number of rotatable bonds is 1. The summed E-state index contributed by atoms with van der Waals surface area (Å²) < 4.78 is 37.8. The van der Waals surface area contributed by atoms with E-state index in [4.69, 9.17) is 0 Å². The Kier molecular flexibility index (Phi) is 3.43. The van der Waals surface area contributed by atoms with Crippen molar-refractivity contribution in [1.82, 2.24) is 5.32 Å². The van der Waals surface area contributed by atoms with Gasteiger partial charge in [0, 0.05) is 6.04 Å². The molecule has 1 fully saturated rings. The topological polar surface area (TPSA) is 12.0 Å². The number of nitrogens with one attached hydrogen (secondary N) is 1. The summed E-state index contributed by atoms with van der Waals surface area (Å²) >= 11 is 0. The van der Waals surface area contributed by atoms with E-state index in [1.807, 2.05) is 0 Å². The molecule has 1 aliphatic heterocycles. The van der Waals surface area contributed by atoms with E-state index in [9.17, 15) is 13.2 Å². The molecule has 1 N–H and O–H groups in total. The van der Waals surface area contributed by atoms with Gasteiger partial charge in [0.2, 0.25) is 0 Å². The minimum atomic E-state index is -4.25. The summed E-state index contributed by atoms with van der Waals surface area (Å²) in [6, 6.07) is 4.66. The van der Waals surface area contributed by atoms with Gasteiger partial charge >= 0.3 is 6.18 Å². The van der Waals surface area contributed by atoms with Gasteiger partial charge in [-0.15, -0.1) is 0 Å². The lowest BCUT2D eigenvalue weighted by molar-refractivity contribution is -0.138. The Labute approximate surface area is 99.0 Å². The van der Waals surface area contributed by atoms with Gasteiger partial charge in [-0.05, 0) is 43.5 Å². The van der Waals surface area contributed by atoms with Crippen molar-refractivity contribution in [3.63, 3.8) is 0 Å². The van der Waals surface area contributed by atoms with Crippen molar-refractivity contribution in [2.75, 3.05) is 6.54 Å². The van der Waals surface area contributed by atoms with Crippen LogP contribution in [0.5, 0.6) is 0 Å². The summed E-state index contributed by atoms with van der Waals surface area (Å²) in [4.78, 5) is 0. The molecule has 1 unspecified atom stereocenters. The second-order valence-corrected chi connectivity index (χ2v) is 4.57. The molecule has 1 atom stereocenters. The standard InChI is InChI=1S/C13H16F3N/c1-9-8-10(12-4-2-3-7-17-12)5-6-11(9)13(14,15)16/h5-6,8,12,17H,2-4,7H2,1H3. The SMILES string of the molecule is Cc1cc(C2CCCCN2)ccc1C(F)(F)F. The van der Waals surface area contributed by atoms with E-state index in [-0.39, 0.29) is 6.04 Å². The van der Waals surface area contributed by atoms with Gasteiger partial charge in [-0.2, -0.15) is 13.2 Å². The number of hydrogen-bond acceptors (Lipinski definition) is 1. The lowest BCUT2D eigenvalue weighted by Gasteiger charge is -2.24. The molecule has 1 aliphatic rings. The van der Waals surface area contributed by atoms with Gasteiger partial charge in [-0.25, -0.2) is 0 Å².